The molecule has 5 nitrogen and oxygen atoms in total. The van der Waals surface area contributed by atoms with Gasteiger partial charge in [0.1, 0.15) is 5.75 Å². The number of carbonyl (C=O) groups excluding carboxylic acids is 1. The standard InChI is InChI=1S/C19H22ClNO4/c1-12(14-8-9-17(23-3)18(10-14)24-4)21-19(22)13(2)25-16-7-5-6-15(20)11-16/h5-13H,1-4H3,(H,21,22)/t12-,13+/m0/s1. The number of ether oxygens (including phenoxy) is 3. The molecule has 0 heterocycles. The van der Waals surface area contributed by atoms with Crippen LogP contribution in [0.25, 0.3) is 0 Å². The first-order chi connectivity index (χ1) is 11.9. The average molecular weight is 364 g/mol. The van der Waals surface area contributed by atoms with E-state index in [1.54, 1.807) is 45.4 Å². The molecular formula is C19H22ClNO4. The predicted molar refractivity (Wildman–Crippen MR) is 97.6 cm³/mol. The van der Waals surface area contributed by atoms with Gasteiger partial charge in [0.15, 0.2) is 17.6 Å². The van der Waals surface area contributed by atoms with Crippen LogP contribution in [-0.4, -0.2) is 26.2 Å². The number of amides is 1. The lowest BCUT2D eigenvalue weighted by atomic mass is 10.1. The largest absolute Gasteiger partial charge is 0.493 e. The predicted octanol–water partition coefficient (Wildman–Crippen LogP) is 4.00. The van der Waals surface area contributed by atoms with Crippen molar-refractivity contribution in [3.63, 3.8) is 0 Å². The number of carbonyl (C=O) groups is 1. The Kier molecular flexibility index (Phi) is 6.53. The van der Waals surface area contributed by atoms with Gasteiger partial charge in [-0.3, -0.25) is 4.79 Å². The smallest absolute Gasteiger partial charge is 0.261 e. The van der Waals surface area contributed by atoms with E-state index in [4.69, 9.17) is 25.8 Å². The van der Waals surface area contributed by atoms with Crippen molar-refractivity contribution < 1.29 is 19.0 Å². The van der Waals surface area contributed by atoms with Crippen LogP contribution in [0.2, 0.25) is 5.02 Å². The van der Waals surface area contributed by atoms with E-state index in [0.29, 0.717) is 22.3 Å². The van der Waals surface area contributed by atoms with Crippen LogP contribution in [-0.2, 0) is 4.79 Å². The quantitative estimate of drug-likeness (QED) is 0.807. The number of rotatable bonds is 7. The minimum atomic E-state index is -0.652. The second-order valence-corrected chi connectivity index (χ2v) is 6.00. The summed E-state index contributed by atoms with van der Waals surface area (Å²) in [7, 11) is 3.16. The van der Waals surface area contributed by atoms with Gasteiger partial charge >= 0.3 is 0 Å². The number of halogens is 1. The topological polar surface area (TPSA) is 56.8 Å². The Labute approximate surface area is 152 Å². The molecule has 6 heteroatoms. The highest BCUT2D eigenvalue weighted by atomic mass is 35.5. The van der Waals surface area contributed by atoms with Crippen molar-refractivity contribution in [2.45, 2.75) is 26.0 Å². The van der Waals surface area contributed by atoms with Crippen LogP contribution < -0.4 is 19.5 Å². The second-order valence-electron chi connectivity index (χ2n) is 5.56. The molecule has 2 rings (SSSR count). The molecule has 0 unspecified atom stereocenters. The Bertz CT molecular complexity index is 735. The van der Waals surface area contributed by atoms with Crippen LogP contribution in [0.5, 0.6) is 17.2 Å². The molecule has 1 N–H and O–H groups in total. The maximum Gasteiger partial charge on any atom is 0.261 e. The van der Waals surface area contributed by atoms with Gasteiger partial charge in [0.25, 0.3) is 5.91 Å². The third-order valence-corrected chi connectivity index (χ3v) is 3.98. The average Bonchev–Trinajstić information content (AvgIpc) is 2.60. The fraction of sp³-hybridized carbons (Fsp3) is 0.316. The summed E-state index contributed by atoms with van der Waals surface area (Å²) in [4.78, 5) is 12.4. The number of nitrogens with one attached hydrogen (secondary N) is 1. The summed E-state index contributed by atoms with van der Waals surface area (Å²) < 4.78 is 16.2. The molecule has 2 aromatic carbocycles. The molecular weight excluding hydrogens is 342 g/mol. The number of hydrogen-bond acceptors (Lipinski definition) is 4. The minimum absolute atomic E-state index is 0.210. The van der Waals surface area contributed by atoms with Gasteiger partial charge in [0.2, 0.25) is 0 Å². The molecule has 0 aliphatic carbocycles. The summed E-state index contributed by atoms with van der Waals surface area (Å²) in [5, 5.41) is 3.49. The lowest BCUT2D eigenvalue weighted by Crippen LogP contribution is -2.37. The molecule has 0 radical (unpaired) electrons. The van der Waals surface area contributed by atoms with Crippen molar-refractivity contribution in [1.29, 1.82) is 0 Å². The highest BCUT2D eigenvalue weighted by molar-refractivity contribution is 6.30. The normalized spacial score (nSPS) is 12.8. The third-order valence-electron chi connectivity index (χ3n) is 3.74. The Morgan fingerprint density at radius 2 is 1.76 bits per heavy atom. The van der Waals surface area contributed by atoms with E-state index in [0.717, 1.165) is 5.56 Å². The number of hydrogen-bond donors (Lipinski definition) is 1. The molecule has 1 amide bonds. The van der Waals surface area contributed by atoms with E-state index < -0.39 is 6.10 Å². The first-order valence-electron chi connectivity index (χ1n) is 7.89. The molecule has 0 fully saturated rings. The van der Waals surface area contributed by atoms with Crippen LogP contribution in [0.1, 0.15) is 25.5 Å². The monoisotopic (exact) mass is 363 g/mol. The maximum atomic E-state index is 12.4. The highest BCUT2D eigenvalue weighted by Crippen LogP contribution is 2.30. The van der Waals surface area contributed by atoms with Crippen molar-refractivity contribution in [1.82, 2.24) is 5.32 Å². The van der Waals surface area contributed by atoms with Gasteiger partial charge in [0.05, 0.1) is 20.3 Å². The Morgan fingerprint density at radius 1 is 1.04 bits per heavy atom. The highest BCUT2D eigenvalue weighted by Gasteiger charge is 2.19. The zero-order valence-electron chi connectivity index (χ0n) is 14.7. The summed E-state index contributed by atoms with van der Waals surface area (Å²) in [5.41, 5.74) is 0.904. The zero-order valence-corrected chi connectivity index (χ0v) is 15.5. The third kappa shape index (κ3) is 5.03. The first-order valence-corrected chi connectivity index (χ1v) is 8.27. The van der Waals surface area contributed by atoms with E-state index in [2.05, 4.69) is 5.32 Å². The fourth-order valence-corrected chi connectivity index (χ4v) is 2.51. The Hall–Kier alpha value is -2.40. The van der Waals surface area contributed by atoms with Crippen molar-refractivity contribution in [2.75, 3.05) is 14.2 Å². The van der Waals surface area contributed by atoms with E-state index in [-0.39, 0.29) is 11.9 Å². The molecule has 0 saturated carbocycles. The lowest BCUT2D eigenvalue weighted by molar-refractivity contribution is -0.127. The lowest BCUT2D eigenvalue weighted by Gasteiger charge is -2.20. The van der Waals surface area contributed by atoms with Gasteiger partial charge in [-0.25, -0.2) is 0 Å². The van der Waals surface area contributed by atoms with Crippen molar-refractivity contribution in [3.05, 3.63) is 53.1 Å². The number of methoxy groups -OCH3 is 2. The van der Waals surface area contributed by atoms with Gasteiger partial charge in [-0.1, -0.05) is 23.7 Å². The molecule has 2 atom stereocenters. The van der Waals surface area contributed by atoms with Gasteiger partial charge in [-0.2, -0.15) is 0 Å². The molecule has 0 spiro atoms. The number of benzene rings is 2. The van der Waals surface area contributed by atoms with Gasteiger partial charge in [-0.15, -0.1) is 0 Å². The maximum absolute atomic E-state index is 12.4. The van der Waals surface area contributed by atoms with Gasteiger partial charge in [-0.05, 0) is 49.7 Å². The summed E-state index contributed by atoms with van der Waals surface area (Å²) in [6, 6.07) is 12.3. The summed E-state index contributed by atoms with van der Waals surface area (Å²) in [6.07, 6.45) is -0.652. The van der Waals surface area contributed by atoms with E-state index in [1.165, 1.54) is 0 Å². The van der Waals surface area contributed by atoms with Crippen molar-refractivity contribution in [2.24, 2.45) is 0 Å². The molecule has 0 aliphatic rings. The Morgan fingerprint density at radius 3 is 2.40 bits per heavy atom. The fourth-order valence-electron chi connectivity index (χ4n) is 2.33. The van der Waals surface area contributed by atoms with Crippen LogP contribution in [0.15, 0.2) is 42.5 Å². The van der Waals surface area contributed by atoms with E-state index in [9.17, 15) is 4.79 Å². The second kappa shape index (κ2) is 8.62. The van der Waals surface area contributed by atoms with Crippen molar-refractivity contribution >= 4 is 17.5 Å². The van der Waals surface area contributed by atoms with Gasteiger partial charge < -0.3 is 19.5 Å². The summed E-state index contributed by atoms with van der Waals surface area (Å²) in [6.45, 7) is 3.59. The first kappa shape index (κ1) is 18.9. The molecule has 0 aliphatic heterocycles. The van der Waals surface area contributed by atoms with E-state index >= 15 is 0 Å². The van der Waals surface area contributed by atoms with Crippen LogP contribution in [0.4, 0.5) is 0 Å². The van der Waals surface area contributed by atoms with Gasteiger partial charge in [0, 0.05) is 5.02 Å². The zero-order chi connectivity index (χ0) is 18.4. The van der Waals surface area contributed by atoms with Crippen molar-refractivity contribution in [3.8, 4) is 17.2 Å². The minimum Gasteiger partial charge on any atom is -0.493 e. The molecule has 25 heavy (non-hydrogen) atoms. The molecule has 134 valence electrons. The summed E-state index contributed by atoms with van der Waals surface area (Å²) >= 11 is 5.92. The molecule has 0 saturated heterocycles. The Balaban J connectivity index is 2.01. The van der Waals surface area contributed by atoms with E-state index in [1.807, 2.05) is 25.1 Å². The summed E-state index contributed by atoms with van der Waals surface area (Å²) in [5.74, 6) is 1.59. The van der Waals surface area contributed by atoms with Crippen LogP contribution >= 0.6 is 11.6 Å². The van der Waals surface area contributed by atoms with Crippen LogP contribution in [0, 0.1) is 0 Å². The molecule has 2 aromatic rings. The van der Waals surface area contributed by atoms with Crippen LogP contribution in [0.3, 0.4) is 0 Å². The molecule has 0 aromatic heterocycles. The SMILES string of the molecule is COc1ccc([C@H](C)NC(=O)[C@@H](C)Oc2cccc(Cl)c2)cc1OC. The molecule has 0 bridgehead atoms.